The molecule has 2 unspecified atom stereocenters. The third-order valence-corrected chi connectivity index (χ3v) is 6.12. The maximum atomic E-state index is 12.2. The van der Waals surface area contributed by atoms with Crippen LogP contribution in [-0.2, 0) is 10.0 Å². The van der Waals surface area contributed by atoms with Crippen molar-refractivity contribution in [2.75, 3.05) is 18.0 Å². The first-order valence-corrected chi connectivity index (χ1v) is 10.6. The molecule has 1 saturated heterocycles. The molecule has 0 spiro atoms. The van der Waals surface area contributed by atoms with Gasteiger partial charge in [0.2, 0.25) is 10.0 Å². The number of primary sulfonamides is 1. The van der Waals surface area contributed by atoms with Gasteiger partial charge in [-0.05, 0) is 48.2 Å². The van der Waals surface area contributed by atoms with Crippen molar-refractivity contribution in [3.8, 4) is 11.5 Å². The van der Waals surface area contributed by atoms with Gasteiger partial charge in [0.25, 0.3) is 0 Å². The number of ether oxygens (including phenoxy) is 1. The molecule has 2 aromatic rings. The smallest absolute Gasteiger partial charge is 0.335 e. The number of halogens is 1. The van der Waals surface area contributed by atoms with E-state index in [4.69, 9.17) is 21.5 Å². The summed E-state index contributed by atoms with van der Waals surface area (Å²) in [7, 11) is -4.24. The molecule has 0 bridgehead atoms. The van der Waals surface area contributed by atoms with Gasteiger partial charge in [-0.1, -0.05) is 25.4 Å². The zero-order valence-corrected chi connectivity index (χ0v) is 17.0. The molecule has 3 rings (SSSR count). The van der Waals surface area contributed by atoms with Crippen molar-refractivity contribution in [1.82, 2.24) is 0 Å². The van der Waals surface area contributed by atoms with Crippen molar-refractivity contribution in [3.63, 3.8) is 0 Å². The highest BCUT2D eigenvalue weighted by atomic mass is 35.5. The van der Waals surface area contributed by atoms with Crippen LogP contribution in [0.4, 0.5) is 5.69 Å². The molecule has 1 heterocycles. The molecule has 1 aliphatic heterocycles. The molecule has 2 atom stereocenters. The number of carbonyl (C=O) groups is 1. The van der Waals surface area contributed by atoms with Crippen LogP contribution < -0.4 is 14.8 Å². The molecule has 2 aromatic carbocycles. The van der Waals surface area contributed by atoms with E-state index in [1.165, 1.54) is 6.07 Å². The minimum Gasteiger partial charge on any atom is -0.478 e. The van der Waals surface area contributed by atoms with Crippen molar-refractivity contribution in [2.45, 2.75) is 18.7 Å². The second-order valence-corrected chi connectivity index (χ2v) is 9.05. The summed E-state index contributed by atoms with van der Waals surface area (Å²) in [5, 5.41) is 15.3. The molecule has 150 valence electrons. The summed E-state index contributed by atoms with van der Waals surface area (Å²) < 4.78 is 30.4. The van der Waals surface area contributed by atoms with Gasteiger partial charge in [0.15, 0.2) is 5.75 Å². The summed E-state index contributed by atoms with van der Waals surface area (Å²) >= 11 is 5.90. The van der Waals surface area contributed by atoms with Crippen LogP contribution >= 0.6 is 11.6 Å². The molecular formula is C19H21ClN2O5S. The van der Waals surface area contributed by atoms with E-state index in [9.17, 15) is 18.3 Å². The van der Waals surface area contributed by atoms with Gasteiger partial charge in [-0.25, -0.2) is 18.4 Å². The number of rotatable bonds is 5. The Bertz CT molecular complexity index is 998. The normalized spacial score (nSPS) is 19.6. The van der Waals surface area contributed by atoms with Crippen LogP contribution in [0.5, 0.6) is 11.5 Å². The van der Waals surface area contributed by atoms with Gasteiger partial charge in [-0.15, -0.1) is 0 Å². The lowest BCUT2D eigenvalue weighted by Gasteiger charge is -2.24. The number of nitrogens with two attached hydrogens (primary N) is 1. The Balaban J connectivity index is 2.20. The van der Waals surface area contributed by atoms with Crippen LogP contribution in [0.3, 0.4) is 0 Å². The van der Waals surface area contributed by atoms with Crippen molar-refractivity contribution < 1.29 is 23.1 Å². The van der Waals surface area contributed by atoms with Gasteiger partial charge in [0, 0.05) is 18.1 Å². The van der Waals surface area contributed by atoms with Gasteiger partial charge < -0.3 is 14.7 Å². The second kappa shape index (κ2) is 7.62. The van der Waals surface area contributed by atoms with Crippen LogP contribution in [0.2, 0.25) is 5.02 Å². The van der Waals surface area contributed by atoms with Crippen molar-refractivity contribution in [2.24, 2.45) is 17.0 Å². The van der Waals surface area contributed by atoms with Gasteiger partial charge >= 0.3 is 5.97 Å². The first-order chi connectivity index (χ1) is 13.1. The lowest BCUT2D eigenvalue weighted by molar-refractivity contribution is 0.0696. The Morgan fingerprint density at radius 3 is 2.25 bits per heavy atom. The van der Waals surface area contributed by atoms with Crippen LogP contribution in [0.25, 0.3) is 0 Å². The van der Waals surface area contributed by atoms with E-state index in [-0.39, 0.29) is 16.2 Å². The van der Waals surface area contributed by atoms with Crippen LogP contribution in [0.15, 0.2) is 41.3 Å². The quantitative estimate of drug-likeness (QED) is 0.759. The van der Waals surface area contributed by atoms with E-state index in [0.29, 0.717) is 41.4 Å². The Morgan fingerprint density at radius 1 is 1.18 bits per heavy atom. The average Bonchev–Trinajstić information content (AvgIpc) is 2.94. The lowest BCUT2D eigenvalue weighted by Crippen LogP contribution is -2.23. The number of anilines is 1. The molecule has 9 heteroatoms. The van der Waals surface area contributed by atoms with Crippen molar-refractivity contribution in [3.05, 3.63) is 47.0 Å². The highest BCUT2D eigenvalue weighted by molar-refractivity contribution is 7.89. The molecule has 1 aliphatic rings. The standard InChI is InChI=1S/C19H21ClN2O5S/c1-11-9-22(10-12(11)2)16-7-13(19(23)24)8-17(28(21,25)26)18(16)27-15-5-3-14(20)4-6-15/h3-8,11-12H,9-10H2,1-2H3,(H,23,24)(H2,21,25,26). The second-order valence-electron chi connectivity index (χ2n) is 7.09. The molecule has 0 radical (unpaired) electrons. The first kappa shape index (κ1) is 20.4. The minimum atomic E-state index is -4.24. The molecule has 0 aromatic heterocycles. The largest absolute Gasteiger partial charge is 0.478 e. The Kier molecular flexibility index (Phi) is 5.56. The highest BCUT2D eigenvalue weighted by Crippen LogP contribution is 2.42. The topological polar surface area (TPSA) is 110 Å². The number of benzene rings is 2. The van der Waals surface area contributed by atoms with Crippen LogP contribution in [0, 0.1) is 11.8 Å². The number of hydrogen-bond donors (Lipinski definition) is 2. The number of nitrogens with zero attached hydrogens (tertiary/aromatic N) is 1. The summed E-state index contributed by atoms with van der Waals surface area (Å²) in [5.74, 6) is -0.163. The van der Waals surface area contributed by atoms with Crippen molar-refractivity contribution in [1.29, 1.82) is 0 Å². The van der Waals surface area contributed by atoms with Gasteiger partial charge in [0.05, 0.1) is 11.3 Å². The summed E-state index contributed by atoms with van der Waals surface area (Å²) in [6.45, 7) is 5.47. The molecule has 0 amide bonds. The fraction of sp³-hybridized carbons (Fsp3) is 0.316. The van der Waals surface area contributed by atoms with E-state index >= 15 is 0 Å². The van der Waals surface area contributed by atoms with Crippen LogP contribution in [-0.4, -0.2) is 32.6 Å². The molecule has 28 heavy (non-hydrogen) atoms. The van der Waals surface area contributed by atoms with E-state index in [1.54, 1.807) is 24.3 Å². The number of aromatic carboxylic acids is 1. The summed E-state index contributed by atoms with van der Waals surface area (Å²) in [6.07, 6.45) is 0. The van der Waals surface area contributed by atoms with E-state index in [0.717, 1.165) is 6.07 Å². The van der Waals surface area contributed by atoms with Gasteiger partial charge in [-0.3, -0.25) is 0 Å². The summed E-state index contributed by atoms with van der Waals surface area (Å²) in [6, 6.07) is 8.86. The maximum Gasteiger partial charge on any atom is 0.335 e. The zero-order chi connectivity index (χ0) is 20.6. The number of carboxylic acid groups (broad SMARTS) is 1. The van der Waals surface area contributed by atoms with Crippen LogP contribution in [0.1, 0.15) is 24.2 Å². The number of sulfonamides is 1. The monoisotopic (exact) mass is 424 g/mol. The number of hydrogen-bond acceptors (Lipinski definition) is 5. The van der Waals surface area contributed by atoms with Gasteiger partial charge in [-0.2, -0.15) is 0 Å². The fourth-order valence-corrected chi connectivity index (χ4v) is 4.03. The van der Waals surface area contributed by atoms with Gasteiger partial charge in [0.1, 0.15) is 10.6 Å². The van der Waals surface area contributed by atoms with E-state index in [1.807, 2.05) is 4.90 Å². The highest BCUT2D eigenvalue weighted by Gasteiger charge is 2.32. The molecular weight excluding hydrogens is 404 g/mol. The third kappa shape index (κ3) is 4.24. The SMILES string of the molecule is CC1CN(c2cc(C(=O)O)cc(S(N)(=O)=O)c2Oc2ccc(Cl)cc2)CC1C. The Hall–Kier alpha value is -2.29. The molecule has 7 nitrogen and oxygen atoms in total. The minimum absolute atomic E-state index is 0.0103. The zero-order valence-electron chi connectivity index (χ0n) is 15.4. The molecule has 1 fully saturated rings. The van der Waals surface area contributed by atoms with E-state index in [2.05, 4.69) is 13.8 Å². The lowest BCUT2D eigenvalue weighted by atomic mass is 10.0. The molecule has 0 saturated carbocycles. The maximum absolute atomic E-state index is 12.2. The van der Waals surface area contributed by atoms with E-state index < -0.39 is 16.0 Å². The Labute approximate surface area is 168 Å². The third-order valence-electron chi connectivity index (χ3n) is 4.95. The van der Waals surface area contributed by atoms with Crippen molar-refractivity contribution >= 4 is 33.3 Å². The Morgan fingerprint density at radius 2 is 1.75 bits per heavy atom. The molecule has 0 aliphatic carbocycles. The average molecular weight is 425 g/mol. The fourth-order valence-electron chi connectivity index (χ4n) is 3.21. The predicted molar refractivity (Wildman–Crippen MR) is 107 cm³/mol. The number of carboxylic acids is 1. The first-order valence-electron chi connectivity index (χ1n) is 8.68. The predicted octanol–water partition coefficient (Wildman–Crippen LogP) is 3.57. The summed E-state index contributed by atoms with van der Waals surface area (Å²) in [4.78, 5) is 13.1. The molecule has 3 N–H and O–H groups in total. The summed E-state index contributed by atoms with van der Waals surface area (Å²) in [5.41, 5.74) is 0.213.